The molecule has 0 spiro atoms. The van der Waals surface area contributed by atoms with Crippen LogP contribution in [0, 0.1) is 0 Å². The number of fused-ring (bicyclic) bond motifs is 1. The molecule has 4 aromatic rings. The van der Waals surface area contributed by atoms with E-state index in [1.807, 2.05) is 30.3 Å². The highest BCUT2D eigenvalue weighted by Crippen LogP contribution is 2.19. The fraction of sp³-hybridized carbons (Fsp3) is 0.242. The Hall–Kier alpha value is -5.49. The van der Waals surface area contributed by atoms with Gasteiger partial charge in [0.1, 0.15) is 18.1 Å². The van der Waals surface area contributed by atoms with Crippen LogP contribution in [0.15, 0.2) is 91.1 Å². The summed E-state index contributed by atoms with van der Waals surface area (Å²) in [6.07, 6.45) is 1.48. The summed E-state index contributed by atoms with van der Waals surface area (Å²) in [6, 6.07) is 20.5. The molecule has 234 valence electrons. The summed E-state index contributed by atoms with van der Waals surface area (Å²) in [5, 5.41) is 18.2. The molecule has 4 rings (SSSR count). The van der Waals surface area contributed by atoms with E-state index in [0.717, 1.165) is 22.0 Å². The maximum absolute atomic E-state index is 13.8. The Morgan fingerprint density at radius 2 is 1.16 bits per heavy atom. The van der Waals surface area contributed by atoms with Crippen molar-refractivity contribution in [2.45, 2.75) is 49.9 Å². The zero-order chi connectivity index (χ0) is 32.3. The van der Waals surface area contributed by atoms with Crippen LogP contribution in [-0.4, -0.2) is 63.9 Å². The van der Waals surface area contributed by atoms with Crippen LogP contribution in [-0.2, 0) is 43.2 Å². The van der Waals surface area contributed by atoms with Gasteiger partial charge in [0.25, 0.3) is 0 Å². The quantitative estimate of drug-likeness (QED) is 0.103. The lowest BCUT2D eigenvalue weighted by Gasteiger charge is -2.25. The number of carbonyl (C=O) groups excluding carboxylic acids is 4. The molecule has 0 saturated heterocycles. The van der Waals surface area contributed by atoms with Gasteiger partial charge in [-0.2, -0.15) is 0 Å². The van der Waals surface area contributed by atoms with Crippen molar-refractivity contribution in [3.8, 4) is 0 Å². The van der Waals surface area contributed by atoms with Crippen molar-refractivity contribution >= 4 is 40.5 Å². The summed E-state index contributed by atoms with van der Waals surface area (Å²) in [6.45, 7) is 0. The summed E-state index contributed by atoms with van der Waals surface area (Å²) < 4.78 is 0. The second-order valence-electron chi connectivity index (χ2n) is 10.7. The third-order valence-electron chi connectivity index (χ3n) is 7.30. The van der Waals surface area contributed by atoms with Gasteiger partial charge in [0.15, 0.2) is 0 Å². The molecule has 3 aromatic carbocycles. The number of carboxylic acid groups (broad SMARTS) is 1. The van der Waals surface area contributed by atoms with E-state index in [-0.39, 0.29) is 19.3 Å². The molecular formula is C33H36N6O6. The largest absolute Gasteiger partial charge is 0.480 e. The summed E-state index contributed by atoms with van der Waals surface area (Å²) >= 11 is 0. The molecule has 0 saturated carbocycles. The van der Waals surface area contributed by atoms with Crippen molar-refractivity contribution in [2.24, 2.45) is 11.5 Å². The molecule has 4 atom stereocenters. The van der Waals surface area contributed by atoms with E-state index in [2.05, 4.69) is 20.9 Å². The van der Waals surface area contributed by atoms with E-state index in [1.165, 1.54) is 0 Å². The lowest BCUT2D eigenvalue weighted by molar-refractivity contribution is -0.143. The topological polar surface area (TPSA) is 209 Å². The SMILES string of the molecule is NC(=O)CC(NC(=O)C(Cc1ccccc1)NC(=O)C(Cc1ccccc1)NC(=O)C(N)Cc1c[nH]c2ccccc12)C(=O)O. The van der Waals surface area contributed by atoms with E-state index in [0.29, 0.717) is 5.56 Å². The third-order valence-corrected chi connectivity index (χ3v) is 7.30. The first-order valence-electron chi connectivity index (χ1n) is 14.4. The summed E-state index contributed by atoms with van der Waals surface area (Å²) in [5.74, 6) is -4.44. The van der Waals surface area contributed by atoms with E-state index < -0.39 is 60.2 Å². The fourth-order valence-electron chi connectivity index (χ4n) is 4.97. The molecule has 0 aliphatic rings. The highest BCUT2D eigenvalue weighted by Gasteiger charge is 2.31. The molecule has 0 fully saturated rings. The van der Waals surface area contributed by atoms with Gasteiger partial charge in [-0.1, -0.05) is 78.9 Å². The number of benzene rings is 3. The molecule has 4 unspecified atom stereocenters. The van der Waals surface area contributed by atoms with Crippen molar-refractivity contribution < 1.29 is 29.1 Å². The van der Waals surface area contributed by atoms with Crippen LogP contribution in [0.5, 0.6) is 0 Å². The first-order valence-corrected chi connectivity index (χ1v) is 14.4. The van der Waals surface area contributed by atoms with Gasteiger partial charge < -0.3 is 37.5 Å². The second-order valence-corrected chi connectivity index (χ2v) is 10.7. The van der Waals surface area contributed by atoms with Crippen molar-refractivity contribution in [2.75, 3.05) is 0 Å². The molecule has 1 heterocycles. The van der Waals surface area contributed by atoms with Crippen LogP contribution in [0.4, 0.5) is 0 Å². The number of aromatic nitrogens is 1. The second kappa shape index (κ2) is 15.3. The maximum atomic E-state index is 13.8. The predicted molar refractivity (Wildman–Crippen MR) is 168 cm³/mol. The number of hydrogen-bond donors (Lipinski definition) is 7. The number of H-pyrrole nitrogens is 1. The zero-order valence-electron chi connectivity index (χ0n) is 24.4. The number of hydrogen-bond acceptors (Lipinski definition) is 6. The van der Waals surface area contributed by atoms with Crippen molar-refractivity contribution in [1.29, 1.82) is 0 Å². The zero-order valence-corrected chi connectivity index (χ0v) is 24.4. The van der Waals surface area contributed by atoms with Crippen LogP contribution in [0.1, 0.15) is 23.1 Å². The van der Waals surface area contributed by atoms with Gasteiger partial charge in [0.2, 0.25) is 23.6 Å². The number of aromatic amines is 1. The lowest BCUT2D eigenvalue weighted by Crippen LogP contribution is -2.58. The molecule has 9 N–H and O–H groups in total. The fourth-order valence-corrected chi connectivity index (χ4v) is 4.97. The minimum atomic E-state index is -1.59. The number of rotatable bonds is 15. The normalized spacial score (nSPS) is 13.6. The van der Waals surface area contributed by atoms with Gasteiger partial charge in [-0.05, 0) is 29.2 Å². The Labute approximate surface area is 259 Å². The average molecular weight is 613 g/mol. The molecule has 0 radical (unpaired) electrons. The molecule has 0 aliphatic heterocycles. The first-order chi connectivity index (χ1) is 21.6. The number of nitrogens with one attached hydrogen (secondary N) is 4. The summed E-state index contributed by atoms with van der Waals surface area (Å²) in [5.41, 5.74) is 14.7. The Bertz CT molecular complexity index is 1640. The van der Waals surface area contributed by atoms with Gasteiger partial charge >= 0.3 is 5.97 Å². The minimum absolute atomic E-state index is 0.00735. The summed E-state index contributed by atoms with van der Waals surface area (Å²) in [7, 11) is 0. The predicted octanol–water partition coefficient (Wildman–Crippen LogP) is 0.938. The van der Waals surface area contributed by atoms with Crippen LogP contribution in [0.2, 0.25) is 0 Å². The number of aliphatic carboxylic acids is 1. The maximum Gasteiger partial charge on any atom is 0.326 e. The molecule has 45 heavy (non-hydrogen) atoms. The highest BCUT2D eigenvalue weighted by atomic mass is 16.4. The van der Waals surface area contributed by atoms with Crippen molar-refractivity contribution in [1.82, 2.24) is 20.9 Å². The molecule has 12 heteroatoms. The average Bonchev–Trinajstić information content (AvgIpc) is 3.43. The Morgan fingerprint density at radius 3 is 1.69 bits per heavy atom. The smallest absolute Gasteiger partial charge is 0.326 e. The van der Waals surface area contributed by atoms with Crippen LogP contribution >= 0.6 is 0 Å². The third kappa shape index (κ3) is 9.25. The van der Waals surface area contributed by atoms with Crippen molar-refractivity contribution in [3.05, 3.63) is 108 Å². The van der Waals surface area contributed by atoms with Gasteiger partial charge in [-0.25, -0.2) is 4.79 Å². The molecule has 0 aliphatic carbocycles. The molecular weight excluding hydrogens is 576 g/mol. The number of nitrogens with two attached hydrogens (primary N) is 2. The van der Waals surface area contributed by atoms with E-state index in [4.69, 9.17) is 11.5 Å². The monoisotopic (exact) mass is 612 g/mol. The van der Waals surface area contributed by atoms with E-state index >= 15 is 0 Å². The Balaban J connectivity index is 1.54. The number of amides is 4. The standard InChI is InChI=1S/C33H36N6O6/c34-24(17-22-19-36-25-14-8-7-13-23(22)25)30(41)37-26(15-20-9-3-1-4-10-20)31(42)38-27(16-21-11-5-2-6-12-21)32(43)39-28(33(44)45)18-29(35)40/h1-14,19,24,26-28,36H,15-18,34H2,(H2,35,40)(H,37,41)(H,38,42)(H,39,43)(H,44,45). The van der Waals surface area contributed by atoms with E-state index in [1.54, 1.807) is 60.8 Å². The Morgan fingerprint density at radius 1 is 0.667 bits per heavy atom. The highest BCUT2D eigenvalue weighted by molar-refractivity contribution is 5.95. The molecule has 12 nitrogen and oxygen atoms in total. The lowest BCUT2D eigenvalue weighted by atomic mass is 10.0. The number of primary amides is 1. The first kappa shape index (κ1) is 32.4. The van der Waals surface area contributed by atoms with Crippen LogP contribution < -0.4 is 27.4 Å². The van der Waals surface area contributed by atoms with Crippen molar-refractivity contribution in [3.63, 3.8) is 0 Å². The van der Waals surface area contributed by atoms with Gasteiger partial charge in [-0.3, -0.25) is 19.2 Å². The number of carboxylic acids is 1. The number of para-hydroxylation sites is 1. The van der Waals surface area contributed by atoms with Gasteiger partial charge in [0.05, 0.1) is 12.5 Å². The molecule has 0 bridgehead atoms. The van der Waals surface area contributed by atoms with Crippen LogP contribution in [0.25, 0.3) is 10.9 Å². The molecule has 4 amide bonds. The summed E-state index contributed by atoms with van der Waals surface area (Å²) in [4.78, 5) is 66.7. The Kier molecular flexibility index (Phi) is 11.0. The molecule has 1 aromatic heterocycles. The van der Waals surface area contributed by atoms with Crippen LogP contribution in [0.3, 0.4) is 0 Å². The number of carbonyl (C=O) groups is 5. The minimum Gasteiger partial charge on any atom is -0.480 e. The van der Waals surface area contributed by atoms with E-state index in [9.17, 15) is 29.1 Å². The van der Waals surface area contributed by atoms with Gasteiger partial charge in [0, 0.05) is 29.9 Å². The van der Waals surface area contributed by atoms with Gasteiger partial charge in [-0.15, -0.1) is 0 Å².